The van der Waals surface area contributed by atoms with Crippen molar-refractivity contribution in [2.45, 2.75) is 43.2 Å². The third-order valence-corrected chi connectivity index (χ3v) is 7.71. The van der Waals surface area contributed by atoms with Crippen LogP contribution in [-0.2, 0) is 20.2 Å². The molecule has 0 fully saturated rings. The molecule has 0 aliphatic heterocycles. The summed E-state index contributed by atoms with van der Waals surface area (Å²) in [5.41, 5.74) is 3.42. The van der Waals surface area contributed by atoms with E-state index >= 15 is 0 Å². The largest absolute Gasteiger partial charge is 0.494 e. The van der Waals surface area contributed by atoms with Crippen LogP contribution in [0.25, 0.3) is 17.1 Å². The molecule has 11 heteroatoms. The van der Waals surface area contributed by atoms with Crippen molar-refractivity contribution in [2.24, 2.45) is 5.14 Å². The molecular weight excluding hydrogens is 534 g/mol. The Labute approximate surface area is 232 Å². The highest BCUT2D eigenvalue weighted by molar-refractivity contribution is 7.99. The SMILES string of the molecule is CCOc1ccc(-n2c(SCC(=O)Nc3ccc(S(N)(=O)=O)cc3)nnc2-c2ccc(C(C)(C)C)cc2)cc1. The van der Waals surface area contributed by atoms with Crippen LogP contribution in [-0.4, -0.2) is 41.4 Å². The van der Waals surface area contributed by atoms with Crippen molar-refractivity contribution in [3.63, 3.8) is 0 Å². The van der Waals surface area contributed by atoms with E-state index in [1.807, 2.05) is 47.9 Å². The van der Waals surface area contributed by atoms with E-state index in [2.05, 4.69) is 48.4 Å². The first kappa shape index (κ1) is 28.3. The number of sulfonamides is 1. The molecule has 0 saturated carbocycles. The standard InChI is InChI=1S/C28H31N5O4S2/c1-5-37-23-14-12-22(13-15-23)33-26(19-6-8-20(9-7-19)28(2,3)4)31-32-27(33)38-18-25(34)30-21-10-16-24(17-11-21)39(29,35)36/h6-17H,5,18H2,1-4H3,(H,30,34)(H2,29,35,36). The van der Waals surface area contributed by atoms with Gasteiger partial charge in [-0.3, -0.25) is 9.36 Å². The number of amides is 1. The lowest BCUT2D eigenvalue weighted by Crippen LogP contribution is -2.15. The highest BCUT2D eigenvalue weighted by Crippen LogP contribution is 2.31. The van der Waals surface area contributed by atoms with E-state index in [0.29, 0.717) is 23.3 Å². The number of anilines is 1. The number of carbonyl (C=O) groups excluding carboxylic acids is 1. The van der Waals surface area contributed by atoms with E-state index in [-0.39, 0.29) is 22.0 Å². The molecule has 0 bridgehead atoms. The molecule has 1 amide bonds. The lowest BCUT2D eigenvalue weighted by atomic mass is 9.87. The van der Waals surface area contributed by atoms with Gasteiger partial charge in [0.05, 0.1) is 17.3 Å². The van der Waals surface area contributed by atoms with Gasteiger partial charge in [0.1, 0.15) is 5.75 Å². The number of thioether (sulfide) groups is 1. The molecule has 39 heavy (non-hydrogen) atoms. The Morgan fingerprint density at radius 1 is 0.974 bits per heavy atom. The van der Waals surface area contributed by atoms with E-state index in [1.165, 1.54) is 41.6 Å². The smallest absolute Gasteiger partial charge is 0.238 e. The third kappa shape index (κ3) is 7.05. The van der Waals surface area contributed by atoms with Crippen LogP contribution in [0.2, 0.25) is 0 Å². The van der Waals surface area contributed by atoms with E-state index in [4.69, 9.17) is 9.88 Å². The molecule has 0 saturated heterocycles. The number of nitrogens with one attached hydrogen (secondary N) is 1. The molecule has 0 aliphatic carbocycles. The maximum absolute atomic E-state index is 12.7. The summed E-state index contributed by atoms with van der Waals surface area (Å²) in [5.74, 6) is 1.20. The number of rotatable bonds is 9. The minimum absolute atomic E-state index is 0.0224. The molecule has 204 valence electrons. The van der Waals surface area contributed by atoms with Crippen molar-refractivity contribution in [1.29, 1.82) is 0 Å². The van der Waals surface area contributed by atoms with Crippen LogP contribution in [0.15, 0.2) is 82.8 Å². The molecule has 1 heterocycles. The van der Waals surface area contributed by atoms with Crippen molar-refractivity contribution in [2.75, 3.05) is 17.7 Å². The average molecular weight is 566 g/mol. The number of nitrogens with zero attached hydrogens (tertiary/aromatic N) is 3. The third-order valence-electron chi connectivity index (χ3n) is 5.85. The highest BCUT2D eigenvalue weighted by atomic mass is 32.2. The van der Waals surface area contributed by atoms with Crippen LogP contribution >= 0.6 is 11.8 Å². The number of primary sulfonamides is 1. The number of ether oxygens (including phenoxy) is 1. The summed E-state index contributed by atoms with van der Waals surface area (Å²) < 4.78 is 30.4. The average Bonchev–Trinajstić information content (AvgIpc) is 3.31. The second kappa shape index (κ2) is 11.6. The number of hydrogen-bond acceptors (Lipinski definition) is 7. The molecule has 3 N–H and O–H groups in total. The van der Waals surface area contributed by atoms with Gasteiger partial charge < -0.3 is 10.1 Å². The van der Waals surface area contributed by atoms with Gasteiger partial charge in [0.2, 0.25) is 15.9 Å². The lowest BCUT2D eigenvalue weighted by Gasteiger charge is -2.19. The van der Waals surface area contributed by atoms with Gasteiger partial charge in [0.25, 0.3) is 0 Å². The van der Waals surface area contributed by atoms with Crippen molar-refractivity contribution in [1.82, 2.24) is 14.8 Å². The monoisotopic (exact) mass is 565 g/mol. The Morgan fingerprint density at radius 3 is 2.18 bits per heavy atom. The Kier molecular flexibility index (Phi) is 8.43. The lowest BCUT2D eigenvalue weighted by molar-refractivity contribution is -0.113. The summed E-state index contributed by atoms with van der Waals surface area (Å²) in [6.45, 7) is 9.00. The summed E-state index contributed by atoms with van der Waals surface area (Å²) in [4.78, 5) is 12.7. The summed E-state index contributed by atoms with van der Waals surface area (Å²) in [6, 6.07) is 21.5. The number of benzene rings is 3. The van der Waals surface area contributed by atoms with Crippen LogP contribution in [0.3, 0.4) is 0 Å². The van der Waals surface area contributed by atoms with E-state index < -0.39 is 10.0 Å². The zero-order valence-corrected chi connectivity index (χ0v) is 23.8. The van der Waals surface area contributed by atoms with Gasteiger partial charge in [-0.2, -0.15) is 0 Å². The van der Waals surface area contributed by atoms with Crippen LogP contribution in [0.4, 0.5) is 5.69 Å². The normalized spacial score (nSPS) is 11.8. The molecule has 4 rings (SSSR count). The van der Waals surface area contributed by atoms with E-state index in [0.717, 1.165) is 17.0 Å². The fourth-order valence-corrected chi connectivity index (χ4v) is 5.08. The van der Waals surface area contributed by atoms with E-state index in [9.17, 15) is 13.2 Å². The molecule has 0 radical (unpaired) electrons. The number of carbonyl (C=O) groups is 1. The maximum atomic E-state index is 12.7. The summed E-state index contributed by atoms with van der Waals surface area (Å²) >= 11 is 1.24. The number of aromatic nitrogens is 3. The van der Waals surface area contributed by atoms with Gasteiger partial charge in [0.15, 0.2) is 11.0 Å². The Hall–Kier alpha value is -3.67. The summed E-state index contributed by atoms with van der Waals surface area (Å²) in [7, 11) is -3.80. The first-order valence-electron chi connectivity index (χ1n) is 12.3. The van der Waals surface area contributed by atoms with Crippen molar-refractivity contribution < 1.29 is 17.9 Å². The zero-order valence-electron chi connectivity index (χ0n) is 22.2. The van der Waals surface area contributed by atoms with E-state index in [1.54, 1.807) is 0 Å². The zero-order chi connectivity index (χ0) is 28.2. The minimum Gasteiger partial charge on any atom is -0.494 e. The Balaban J connectivity index is 1.58. The second-order valence-electron chi connectivity index (χ2n) is 9.80. The topological polar surface area (TPSA) is 129 Å². The molecule has 0 atom stereocenters. The summed E-state index contributed by atoms with van der Waals surface area (Å²) in [6.07, 6.45) is 0. The van der Waals surface area contributed by atoms with Crippen LogP contribution in [0.5, 0.6) is 5.75 Å². The van der Waals surface area contributed by atoms with Gasteiger partial charge >= 0.3 is 0 Å². The molecule has 4 aromatic rings. The van der Waals surface area contributed by atoms with Crippen molar-refractivity contribution >= 4 is 33.4 Å². The molecule has 0 spiro atoms. The predicted molar refractivity (Wildman–Crippen MR) is 154 cm³/mol. The Bertz CT molecular complexity index is 1540. The predicted octanol–water partition coefficient (Wildman–Crippen LogP) is 5.01. The van der Waals surface area contributed by atoms with Gasteiger partial charge in [0, 0.05) is 16.9 Å². The Morgan fingerprint density at radius 2 is 1.62 bits per heavy atom. The van der Waals surface area contributed by atoms with Gasteiger partial charge in [-0.15, -0.1) is 10.2 Å². The molecule has 0 unspecified atom stereocenters. The first-order chi connectivity index (χ1) is 18.5. The molecule has 9 nitrogen and oxygen atoms in total. The fourth-order valence-electron chi connectivity index (χ4n) is 3.82. The summed E-state index contributed by atoms with van der Waals surface area (Å²) in [5, 5.41) is 17.3. The van der Waals surface area contributed by atoms with Crippen molar-refractivity contribution in [3.8, 4) is 22.8 Å². The fraction of sp³-hybridized carbons (Fsp3) is 0.250. The van der Waals surface area contributed by atoms with Gasteiger partial charge in [-0.05, 0) is 66.4 Å². The molecular formula is C28H31N5O4S2. The first-order valence-corrected chi connectivity index (χ1v) is 14.8. The maximum Gasteiger partial charge on any atom is 0.238 e. The van der Waals surface area contributed by atoms with Gasteiger partial charge in [-0.1, -0.05) is 56.8 Å². The number of nitrogens with two attached hydrogens (primary N) is 1. The van der Waals surface area contributed by atoms with Gasteiger partial charge in [-0.25, -0.2) is 13.6 Å². The van der Waals surface area contributed by atoms with Crippen LogP contribution < -0.4 is 15.2 Å². The second-order valence-corrected chi connectivity index (χ2v) is 12.3. The van der Waals surface area contributed by atoms with Crippen LogP contribution in [0, 0.1) is 0 Å². The number of hydrogen-bond donors (Lipinski definition) is 2. The highest BCUT2D eigenvalue weighted by Gasteiger charge is 2.19. The minimum atomic E-state index is -3.80. The quantitative estimate of drug-likeness (QED) is 0.273. The van der Waals surface area contributed by atoms with Crippen molar-refractivity contribution in [3.05, 3.63) is 78.4 Å². The molecule has 1 aromatic heterocycles. The molecule has 0 aliphatic rings. The molecule has 3 aromatic carbocycles. The van der Waals surface area contributed by atoms with Crippen LogP contribution in [0.1, 0.15) is 33.3 Å².